The zero-order chi connectivity index (χ0) is 14.1. The number of amides is 2. The molecule has 0 spiro atoms. The number of thioether (sulfide) groups is 1. The molecule has 112 valence electrons. The Morgan fingerprint density at radius 1 is 1.25 bits per heavy atom. The molecule has 6 heteroatoms. The lowest BCUT2D eigenvalue weighted by Gasteiger charge is -2.34. The minimum absolute atomic E-state index is 0.108. The van der Waals surface area contributed by atoms with Crippen molar-refractivity contribution in [3.63, 3.8) is 0 Å². The van der Waals surface area contributed by atoms with Gasteiger partial charge in [-0.2, -0.15) is 0 Å². The van der Waals surface area contributed by atoms with Gasteiger partial charge in [-0.15, -0.1) is 11.8 Å². The maximum Gasteiger partial charge on any atom is 0.242 e. The summed E-state index contributed by atoms with van der Waals surface area (Å²) in [6.07, 6.45) is 4.65. The van der Waals surface area contributed by atoms with Gasteiger partial charge in [0.05, 0.1) is 11.6 Å². The van der Waals surface area contributed by atoms with Crippen molar-refractivity contribution in [2.24, 2.45) is 0 Å². The van der Waals surface area contributed by atoms with Gasteiger partial charge in [0.25, 0.3) is 0 Å². The van der Waals surface area contributed by atoms with Gasteiger partial charge in [-0.25, -0.2) is 0 Å². The molecule has 0 aliphatic carbocycles. The van der Waals surface area contributed by atoms with Crippen molar-refractivity contribution in [3.8, 4) is 0 Å². The van der Waals surface area contributed by atoms with E-state index in [0.29, 0.717) is 23.7 Å². The summed E-state index contributed by atoms with van der Waals surface area (Å²) >= 11 is 1.60. The highest BCUT2D eigenvalue weighted by Gasteiger charge is 2.39. The Hall–Kier alpha value is -0.750. The number of carbonyl (C=O) groups excluding carboxylic acids is 2. The number of hydrogen-bond donors (Lipinski definition) is 0. The number of hydrogen-bond acceptors (Lipinski definition) is 4. The van der Waals surface area contributed by atoms with E-state index in [0.717, 1.165) is 25.9 Å². The smallest absolute Gasteiger partial charge is 0.242 e. The second kappa shape index (κ2) is 5.93. The molecule has 0 aromatic rings. The van der Waals surface area contributed by atoms with Crippen molar-refractivity contribution in [3.05, 3.63) is 0 Å². The van der Waals surface area contributed by atoms with Gasteiger partial charge in [-0.05, 0) is 39.3 Å². The van der Waals surface area contributed by atoms with Crippen LogP contribution in [0.25, 0.3) is 0 Å². The summed E-state index contributed by atoms with van der Waals surface area (Å²) in [7, 11) is 2.17. The lowest BCUT2D eigenvalue weighted by molar-refractivity contribution is -0.139. The fourth-order valence-electron chi connectivity index (χ4n) is 3.72. The molecule has 3 rings (SSSR count). The van der Waals surface area contributed by atoms with Gasteiger partial charge in [-0.1, -0.05) is 0 Å². The van der Waals surface area contributed by atoms with Crippen LogP contribution in [0.1, 0.15) is 25.7 Å². The summed E-state index contributed by atoms with van der Waals surface area (Å²) in [6.45, 7) is 2.28. The third-order valence-corrected chi connectivity index (χ3v) is 5.74. The Balaban J connectivity index is 1.62. The van der Waals surface area contributed by atoms with Crippen molar-refractivity contribution >= 4 is 23.6 Å². The van der Waals surface area contributed by atoms with Gasteiger partial charge in [0.2, 0.25) is 11.8 Å². The SMILES string of the molecule is CN1CCCC1C1CCCN1C(=O)CN1CSCC1=O. The molecule has 3 heterocycles. The summed E-state index contributed by atoms with van der Waals surface area (Å²) in [5, 5.41) is 0. The highest BCUT2D eigenvalue weighted by atomic mass is 32.2. The Bertz CT molecular complexity index is 404. The Morgan fingerprint density at radius 3 is 2.65 bits per heavy atom. The first-order valence-corrected chi connectivity index (χ1v) is 8.67. The first-order valence-electron chi connectivity index (χ1n) is 7.52. The molecule has 2 amide bonds. The van der Waals surface area contributed by atoms with E-state index in [2.05, 4.69) is 11.9 Å². The molecule has 3 saturated heterocycles. The minimum Gasteiger partial charge on any atom is -0.337 e. The maximum atomic E-state index is 12.5. The van der Waals surface area contributed by atoms with Crippen molar-refractivity contribution in [2.75, 3.05) is 38.3 Å². The number of likely N-dealkylation sites (N-methyl/N-ethyl adjacent to an activating group) is 1. The van der Waals surface area contributed by atoms with E-state index < -0.39 is 0 Å². The third kappa shape index (κ3) is 2.68. The van der Waals surface area contributed by atoms with E-state index in [9.17, 15) is 9.59 Å². The molecule has 0 aromatic heterocycles. The van der Waals surface area contributed by atoms with Crippen molar-refractivity contribution in [1.82, 2.24) is 14.7 Å². The average molecular weight is 297 g/mol. The second-order valence-electron chi connectivity index (χ2n) is 6.06. The van der Waals surface area contributed by atoms with Crippen LogP contribution >= 0.6 is 11.8 Å². The van der Waals surface area contributed by atoms with E-state index in [1.165, 1.54) is 12.8 Å². The standard InChI is InChI=1S/C14H23N3O2S/c1-15-6-2-4-11(15)12-5-3-7-17(12)13(18)8-16-10-20-9-14(16)19/h11-12H,2-10H2,1H3. The van der Waals surface area contributed by atoms with Gasteiger partial charge in [0.15, 0.2) is 0 Å². The third-order valence-electron chi connectivity index (χ3n) is 4.79. The Kier molecular flexibility index (Phi) is 4.21. The highest BCUT2D eigenvalue weighted by Crippen LogP contribution is 2.29. The zero-order valence-corrected chi connectivity index (χ0v) is 12.9. The summed E-state index contributed by atoms with van der Waals surface area (Å²) in [5.74, 6) is 1.45. The minimum atomic E-state index is 0.108. The van der Waals surface area contributed by atoms with Crippen LogP contribution in [0.2, 0.25) is 0 Å². The molecule has 20 heavy (non-hydrogen) atoms. The van der Waals surface area contributed by atoms with Gasteiger partial charge >= 0.3 is 0 Å². The van der Waals surface area contributed by atoms with Gasteiger partial charge in [0.1, 0.15) is 6.54 Å². The molecule has 0 N–H and O–H groups in total. The van der Waals surface area contributed by atoms with Crippen LogP contribution in [0, 0.1) is 0 Å². The Morgan fingerprint density at radius 2 is 2.00 bits per heavy atom. The van der Waals surface area contributed by atoms with Crippen LogP contribution in [0.5, 0.6) is 0 Å². The number of nitrogens with zero attached hydrogens (tertiary/aromatic N) is 3. The second-order valence-corrected chi connectivity index (χ2v) is 7.01. The molecular weight excluding hydrogens is 274 g/mol. The normalized spacial score (nSPS) is 31.6. The van der Waals surface area contributed by atoms with Gasteiger partial charge in [-0.3, -0.25) is 9.59 Å². The first kappa shape index (κ1) is 14.2. The van der Waals surface area contributed by atoms with Crippen LogP contribution in [0.3, 0.4) is 0 Å². The van der Waals surface area contributed by atoms with E-state index in [-0.39, 0.29) is 18.4 Å². The molecule has 3 aliphatic rings. The quantitative estimate of drug-likeness (QED) is 0.765. The van der Waals surface area contributed by atoms with E-state index in [4.69, 9.17) is 0 Å². The van der Waals surface area contributed by atoms with Crippen molar-refractivity contribution in [1.29, 1.82) is 0 Å². The van der Waals surface area contributed by atoms with Crippen LogP contribution < -0.4 is 0 Å². The largest absolute Gasteiger partial charge is 0.337 e. The van der Waals surface area contributed by atoms with E-state index >= 15 is 0 Å². The monoisotopic (exact) mass is 297 g/mol. The zero-order valence-electron chi connectivity index (χ0n) is 12.1. The topological polar surface area (TPSA) is 43.9 Å². The first-order chi connectivity index (χ1) is 9.66. The molecule has 3 aliphatic heterocycles. The lowest BCUT2D eigenvalue weighted by Crippen LogP contribution is -2.50. The van der Waals surface area contributed by atoms with Crippen LogP contribution in [0.4, 0.5) is 0 Å². The summed E-state index contributed by atoms with van der Waals surface area (Å²) in [6, 6.07) is 0.880. The van der Waals surface area contributed by atoms with Gasteiger partial charge in [0, 0.05) is 18.6 Å². The predicted molar refractivity (Wildman–Crippen MR) is 79.4 cm³/mol. The molecule has 0 bridgehead atoms. The molecule has 2 unspecified atom stereocenters. The van der Waals surface area contributed by atoms with Gasteiger partial charge < -0.3 is 14.7 Å². The van der Waals surface area contributed by atoms with Crippen LogP contribution in [-0.4, -0.2) is 76.9 Å². The maximum absolute atomic E-state index is 12.5. The highest BCUT2D eigenvalue weighted by molar-refractivity contribution is 8.00. The van der Waals surface area contributed by atoms with Crippen molar-refractivity contribution < 1.29 is 9.59 Å². The molecule has 0 radical (unpaired) electrons. The molecule has 3 fully saturated rings. The summed E-state index contributed by atoms with van der Waals surface area (Å²) < 4.78 is 0. The average Bonchev–Trinajstić information content (AvgIpc) is 3.11. The number of rotatable bonds is 3. The lowest BCUT2D eigenvalue weighted by atomic mass is 10.0. The molecule has 0 saturated carbocycles. The number of likely N-dealkylation sites (tertiary alicyclic amines) is 2. The number of carbonyl (C=O) groups is 2. The van der Waals surface area contributed by atoms with E-state index in [1.807, 2.05) is 4.90 Å². The van der Waals surface area contributed by atoms with Crippen LogP contribution in [-0.2, 0) is 9.59 Å². The summed E-state index contributed by atoms with van der Waals surface area (Å²) in [4.78, 5) is 30.3. The van der Waals surface area contributed by atoms with Crippen molar-refractivity contribution in [2.45, 2.75) is 37.8 Å². The van der Waals surface area contributed by atoms with Crippen LogP contribution in [0.15, 0.2) is 0 Å². The molecular formula is C14H23N3O2S. The Labute approximate surface area is 124 Å². The molecule has 0 aromatic carbocycles. The fourth-order valence-corrected chi connectivity index (χ4v) is 4.62. The fraction of sp³-hybridized carbons (Fsp3) is 0.857. The predicted octanol–water partition coefficient (Wildman–Crippen LogP) is 0.604. The summed E-state index contributed by atoms with van der Waals surface area (Å²) in [5.41, 5.74) is 0. The molecule has 5 nitrogen and oxygen atoms in total. The van der Waals surface area contributed by atoms with E-state index in [1.54, 1.807) is 16.7 Å². The molecule has 2 atom stereocenters.